The number of anilines is 1. The molecule has 0 aromatic heterocycles. The van der Waals surface area contributed by atoms with Gasteiger partial charge in [-0.15, -0.1) is 10.3 Å². The number of nitriles is 1. The molecule has 3 amide bonds. The summed E-state index contributed by atoms with van der Waals surface area (Å²) < 4.78 is 73.1. The van der Waals surface area contributed by atoms with E-state index >= 15 is 0 Å². The van der Waals surface area contributed by atoms with E-state index < -0.39 is 55.6 Å². The van der Waals surface area contributed by atoms with Crippen LogP contribution in [-0.4, -0.2) is 50.0 Å². The van der Waals surface area contributed by atoms with Crippen molar-refractivity contribution in [3.05, 3.63) is 70.4 Å². The molecular formula is C28H33F3N4O5S2. The number of nitrogens with two attached hydrogens (primary N) is 1. The molecule has 0 radical (unpaired) electrons. The molecule has 14 heteroatoms. The van der Waals surface area contributed by atoms with Crippen molar-refractivity contribution in [3.63, 3.8) is 0 Å². The third-order valence-corrected chi connectivity index (χ3v) is 12.6. The quantitative estimate of drug-likeness (QED) is 0.414. The number of nitrogens with zero attached hydrogens (tertiary/aromatic N) is 2. The first-order valence-corrected chi connectivity index (χ1v) is 16.7. The van der Waals surface area contributed by atoms with Gasteiger partial charge < -0.3 is 15.2 Å². The molecular weight excluding hydrogens is 593 g/mol. The molecule has 1 aliphatic heterocycles. The van der Waals surface area contributed by atoms with Crippen LogP contribution < -0.4 is 16.0 Å². The maximum atomic E-state index is 13.6. The van der Waals surface area contributed by atoms with Crippen molar-refractivity contribution in [1.82, 2.24) is 5.32 Å². The second kappa shape index (κ2) is 11.6. The predicted molar refractivity (Wildman–Crippen MR) is 155 cm³/mol. The van der Waals surface area contributed by atoms with Gasteiger partial charge in [0.2, 0.25) is 5.91 Å². The van der Waals surface area contributed by atoms with Gasteiger partial charge in [0.25, 0.3) is 0 Å². The Balaban J connectivity index is 2.11. The first-order chi connectivity index (χ1) is 19.2. The molecule has 0 aliphatic carbocycles. The van der Waals surface area contributed by atoms with Gasteiger partial charge >= 0.3 is 12.2 Å². The van der Waals surface area contributed by atoms with Crippen molar-refractivity contribution in [3.8, 4) is 6.07 Å². The van der Waals surface area contributed by atoms with Crippen molar-refractivity contribution in [2.24, 2.45) is 5.73 Å². The molecule has 2 aromatic rings. The molecule has 1 heterocycles. The van der Waals surface area contributed by atoms with Crippen LogP contribution in [0.15, 0.2) is 58.6 Å². The lowest BCUT2D eigenvalue weighted by atomic mass is 9.93. The van der Waals surface area contributed by atoms with Gasteiger partial charge in [0.05, 0.1) is 51.8 Å². The highest BCUT2D eigenvalue weighted by molar-refractivity contribution is 8.29. The fourth-order valence-electron chi connectivity index (χ4n) is 4.18. The van der Waals surface area contributed by atoms with Gasteiger partial charge in [0.15, 0.2) is 9.84 Å². The maximum Gasteiger partial charge on any atom is 0.416 e. The molecule has 3 N–H and O–H groups in total. The Labute approximate surface area is 245 Å². The molecule has 1 unspecified atom stereocenters. The van der Waals surface area contributed by atoms with Crippen molar-refractivity contribution >= 4 is 37.8 Å². The number of hydrogen-bond donors (Lipinski definition) is 2. The van der Waals surface area contributed by atoms with E-state index in [0.29, 0.717) is 0 Å². The lowest BCUT2D eigenvalue weighted by molar-refractivity contribution is -0.137. The van der Waals surface area contributed by atoms with Crippen LogP contribution in [0.1, 0.15) is 50.4 Å². The van der Waals surface area contributed by atoms with Crippen LogP contribution in [0.5, 0.6) is 0 Å². The van der Waals surface area contributed by atoms with E-state index in [4.69, 9.17) is 9.92 Å². The summed E-state index contributed by atoms with van der Waals surface area (Å²) in [6.07, 6.45) is -0.850. The summed E-state index contributed by atoms with van der Waals surface area (Å²) >= 11 is 0. The fraction of sp³-hybridized carbons (Fsp3) is 0.393. The van der Waals surface area contributed by atoms with Crippen LogP contribution in [0.2, 0.25) is 0 Å². The standard InChI is InChI=1S/C28H33F3N4O5S2/c1-17-23(25(33)36)24(34-26(37)35(17)20-9-7-8-19(15-20)28(29,30)31)21-11-10-18(16-32)14-22(21)42(38,39)13-12-40-41(5,6)27(2,3)4/h7-11,14-15,24H,12-13H2,1-6H3,(H2,33,36)(H,34,37). The minimum atomic E-state index is -4.69. The third kappa shape index (κ3) is 6.74. The van der Waals surface area contributed by atoms with E-state index in [1.54, 1.807) is 0 Å². The van der Waals surface area contributed by atoms with Crippen LogP contribution in [0, 0.1) is 11.3 Å². The minimum absolute atomic E-state index is 0.0212. The van der Waals surface area contributed by atoms with Gasteiger partial charge in [0, 0.05) is 10.4 Å². The molecule has 2 aromatic carbocycles. The molecule has 3 rings (SSSR count). The normalized spacial score (nSPS) is 17.1. The van der Waals surface area contributed by atoms with Crippen molar-refractivity contribution in [1.29, 1.82) is 5.26 Å². The van der Waals surface area contributed by atoms with Gasteiger partial charge in [0.1, 0.15) is 0 Å². The number of primary amides is 1. The Morgan fingerprint density at radius 2 is 1.79 bits per heavy atom. The highest BCUT2D eigenvalue weighted by Gasteiger charge is 2.39. The molecule has 1 atom stereocenters. The first-order valence-electron chi connectivity index (χ1n) is 12.6. The number of alkyl halides is 3. The zero-order valence-corrected chi connectivity index (χ0v) is 25.6. The smallest absolute Gasteiger partial charge is 0.366 e. The van der Waals surface area contributed by atoms with Gasteiger partial charge in [-0.3, -0.25) is 9.69 Å². The third-order valence-electron chi connectivity index (χ3n) is 7.18. The second-order valence-corrected chi connectivity index (χ2v) is 17.0. The summed E-state index contributed by atoms with van der Waals surface area (Å²) in [6, 6.07) is 7.35. The van der Waals surface area contributed by atoms with Crippen molar-refractivity contribution in [2.75, 3.05) is 29.8 Å². The average Bonchev–Trinajstić information content (AvgIpc) is 2.86. The molecule has 0 bridgehead atoms. The fourth-order valence-corrected chi connectivity index (χ4v) is 6.51. The Bertz CT molecular complexity index is 1590. The number of urea groups is 1. The van der Waals surface area contributed by atoms with E-state index in [1.165, 1.54) is 25.1 Å². The molecule has 42 heavy (non-hydrogen) atoms. The van der Waals surface area contributed by atoms with Crippen LogP contribution in [0.3, 0.4) is 0 Å². The van der Waals surface area contributed by atoms with E-state index in [9.17, 15) is 36.4 Å². The van der Waals surface area contributed by atoms with Crippen molar-refractivity contribution in [2.45, 2.75) is 49.6 Å². The molecule has 1 aliphatic rings. The highest BCUT2D eigenvalue weighted by atomic mass is 32.3. The largest absolute Gasteiger partial charge is 0.416 e. The number of amides is 3. The molecule has 0 fully saturated rings. The summed E-state index contributed by atoms with van der Waals surface area (Å²) in [6.45, 7) is 7.14. The number of nitrogens with one attached hydrogen (secondary N) is 1. The van der Waals surface area contributed by atoms with Gasteiger partial charge in [-0.2, -0.15) is 18.4 Å². The van der Waals surface area contributed by atoms with Crippen molar-refractivity contribution < 1.29 is 35.4 Å². The molecule has 9 nitrogen and oxygen atoms in total. The Morgan fingerprint density at radius 3 is 2.33 bits per heavy atom. The first kappa shape index (κ1) is 33.0. The lowest BCUT2D eigenvalue weighted by Crippen LogP contribution is -2.49. The van der Waals surface area contributed by atoms with E-state index in [-0.39, 0.29) is 44.3 Å². The Hall–Kier alpha value is -3.54. The molecule has 228 valence electrons. The Kier molecular flexibility index (Phi) is 9.12. The number of carbonyl (C=O) groups excluding carboxylic acids is 2. The summed E-state index contributed by atoms with van der Waals surface area (Å²) in [4.78, 5) is 26.6. The molecule has 0 spiro atoms. The lowest BCUT2D eigenvalue weighted by Gasteiger charge is -2.43. The van der Waals surface area contributed by atoms with Gasteiger partial charge in [-0.05, 0) is 55.3 Å². The number of sulfone groups is 1. The SMILES string of the molecule is CC1=C(C(N)=O)C(c2ccc(C#N)cc2S(=O)(=O)CCOS(C)(C)C(C)(C)C)NC(=O)N1c1cccc(C(F)(F)F)c1. The van der Waals surface area contributed by atoms with Crippen LogP contribution in [-0.2, 0) is 25.0 Å². The second-order valence-electron chi connectivity index (χ2n) is 11.0. The summed E-state index contributed by atoms with van der Waals surface area (Å²) in [5.41, 5.74) is 4.17. The number of halogens is 3. The Morgan fingerprint density at radius 1 is 1.14 bits per heavy atom. The number of allylic oxidation sites excluding steroid dienone is 1. The summed E-state index contributed by atoms with van der Waals surface area (Å²) in [7, 11) is -5.78. The number of rotatable bonds is 8. The van der Waals surface area contributed by atoms with E-state index in [1.807, 2.05) is 39.4 Å². The highest BCUT2D eigenvalue weighted by Crippen LogP contribution is 2.53. The zero-order valence-electron chi connectivity index (χ0n) is 24.0. The number of hydrogen-bond acceptors (Lipinski definition) is 6. The summed E-state index contributed by atoms with van der Waals surface area (Å²) in [5, 5.41) is 12.0. The average molecular weight is 627 g/mol. The minimum Gasteiger partial charge on any atom is -0.366 e. The molecule has 0 saturated heterocycles. The predicted octanol–water partition coefficient (Wildman–Crippen LogP) is 5.18. The molecule has 0 saturated carbocycles. The van der Waals surface area contributed by atoms with Gasteiger partial charge in [-0.1, -0.05) is 32.9 Å². The van der Waals surface area contributed by atoms with E-state index in [0.717, 1.165) is 29.2 Å². The maximum absolute atomic E-state index is 13.6. The van der Waals surface area contributed by atoms with Crippen LogP contribution in [0.4, 0.5) is 23.7 Å². The van der Waals surface area contributed by atoms with Gasteiger partial charge in [-0.25, -0.2) is 13.2 Å². The topological polar surface area (TPSA) is 143 Å². The monoisotopic (exact) mass is 626 g/mol. The van der Waals surface area contributed by atoms with Crippen LogP contribution in [0.25, 0.3) is 0 Å². The number of benzene rings is 2. The van der Waals surface area contributed by atoms with Crippen LogP contribution >= 0.6 is 10.3 Å². The van der Waals surface area contributed by atoms with E-state index in [2.05, 4.69) is 5.32 Å². The zero-order chi connectivity index (χ0) is 31.8. The number of carbonyl (C=O) groups is 2. The summed E-state index contributed by atoms with van der Waals surface area (Å²) in [5.74, 6) is -1.48.